The van der Waals surface area contributed by atoms with Crippen molar-refractivity contribution in [1.29, 1.82) is 0 Å². The minimum atomic E-state index is 0.426. The van der Waals surface area contributed by atoms with Crippen molar-refractivity contribution in [3.8, 4) is 0 Å². The van der Waals surface area contributed by atoms with Gasteiger partial charge in [-0.15, -0.1) is 0 Å². The Morgan fingerprint density at radius 1 is 1.32 bits per heavy atom. The molecule has 2 unspecified atom stereocenters. The quantitative estimate of drug-likeness (QED) is 0.462. The molecule has 1 saturated carbocycles. The molecule has 3 nitrogen and oxygen atoms in total. The molecule has 0 radical (unpaired) electrons. The third-order valence-corrected chi connectivity index (χ3v) is 4.77. The zero-order valence-corrected chi connectivity index (χ0v) is 14.1. The number of hydrogen-bond acceptors (Lipinski definition) is 2. The number of rotatable bonds is 5. The molecule has 0 heterocycles. The number of hydrogen-bond donors (Lipinski definition) is 2. The van der Waals surface area contributed by atoms with E-state index in [0.717, 1.165) is 17.8 Å². The smallest absolute Gasteiger partial charge is 0.191 e. The van der Waals surface area contributed by atoms with E-state index in [1.165, 1.54) is 32.1 Å². The number of aliphatic imine (C=N–C) groups is 1. The molecule has 1 rings (SSSR count). The molecule has 0 bridgehead atoms. The van der Waals surface area contributed by atoms with Crippen LogP contribution in [-0.2, 0) is 0 Å². The molecule has 0 saturated heterocycles. The van der Waals surface area contributed by atoms with E-state index >= 15 is 0 Å². The van der Waals surface area contributed by atoms with E-state index in [0.29, 0.717) is 11.5 Å². The number of guanidine groups is 1. The van der Waals surface area contributed by atoms with E-state index in [1.54, 1.807) is 0 Å². The van der Waals surface area contributed by atoms with Gasteiger partial charge in [-0.2, -0.15) is 11.8 Å². The largest absolute Gasteiger partial charge is 0.356 e. The van der Waals surface area contributed by atoms with Crippen LogP contribution in [0.25, 0.3) is 0 Å². The summed E-state index contributed by atoms with van der Waals surface area (Å²) in [5, 5.41) is 7.82. The van der Waals surface area contributed by atoms with Gasteiger partial charge >= 0.3 is 0 Å². The number of thioether (sulfide) groups is 1. The van der Waals surface area contributed by atoms with E-state index in [4.69, 9.17) is 0 Å². The Morgan fingerprint density at radius 3 is 2.58 bits per heavy atom. The molecule has 1 aliphatic carbocycles. The Labute approximate surface area is 123 Å². The van der Waals surface area contributed by atoms with Gasteiger partial charge in [0.1, 0.15) is 0 Å². The van der Waals surface area contributed by atoms with Crippen molar-refractivity contribution < 1.29 is 0 Å². The molecular formula is C15H31N3S. The zero-order chi connectivity index (χ0) is 14.3. The molecule has 0 aromatic rings. The third-order valence-electron chi connectivity index (χ3n) is 3.68. The Balaban J connectivity index is 2.20. The number of nitrogens with one attached hydrogen (secondary N) is 2. The molecule has 0 aliphatic heterocycles. The lowest BCUT2D eigenvalue weighted by Gasteiger charge is -2.20. The number of nitrogens with zero attached hydrogens (tertiary/aromatic N) is 1. The average Bonchev–Trinajstić information content (AvgIpc) is 2.79. The molecule has 1 aliphatic rings. The van der Waals surface area contributed by atoms with Crippen LogP contribution in [0.3, 0.4) is 0 Å². The first-order valence-corrected chi connectivity index (χ1v) is 8.73. The van der Waals surface area contributed by atoms with Crippen molar-refractivity contribution in [3.63, 3.8) is 0 Å². The summed E-state index contributed by atoms with van der Waals surface area (Å²) in [6.45, 7) is 7.89. The second-order valence-electron chi connectivity index (χ2n) is 6.68. The van der Waals surface area contributed by atoms with Crippen LogP contribution < -0.4 is 10.6 Å². The fourth-order valence-corrected chi connectivity index (χ4v) is 3.30. The Hall–Kier alpha value is -0.380. The Morgan fingerprint density at radius 2 is 2.05 bits per heavy atom. The molecule has 4 heteroatoms. The predicted molar refractivity (Wildman–Crippen MR) is 88.1 cm³/mol. The normalized spacial score (nSPS) is 24.6. The molecule has 2 atom stereocenters. The zero-order valence-electron chi connectivity index (χ0n) is 13.3. The maximum absolute atomic E-state index is 4.32. The van der Waals surface area contributed by atoms with E-state index < -0.39 is 0 Å². The summed E-state index contributed by atoms with van der Waals surface area (Å²) in [5.41, 5.74) is 0.426. The van der Waals surface area contributed by atoms with Crippen molar-refractivity contribution >= 4 is 17.7 Å². The van der Waals surface area contributed by atoms with Gasteiger partial charge in [-0.3, -0.25) is 4.99 Å². The molecule has 112 valence electrons. The maximum atomic E-state index is 4.32. The predicted octanol–water partition coefficient (Wildman–Crippen LogP) is 3.26. The molecular weight excluding hydrogens is 254 g/mol. The van der Waals surface area contributed by atoms with Gasteiger partial charge in [-0.25, -0.2) is 0 Å². The summed E-state index contributed by atoms with van der Waals surface area (Å²) in [5.74, 6) is 0.973. The molecule has 2 N–H and O–H groups in total. The van der Waals surface area contributed by atoms with E-state index in [1.807, 2.05) is 18.8 Å². The van der Waals surface area contributed by atoms with Crippen LogP contribution in [0.15, 0.2) is 4.99 Å². The van der Waals surface area contributed by atoms with Crippen LogP contribution in [0.5, 0.6) is 0 Å². The first kappa shape index (κ1) is 16.7. The fraction of sp³-hybridized carbons (Fsp3) is 0.933. The minimum Gasteiger partial charge on any atom is -0.356 e. The lowest BCUT2D eigenvalue weighted by atomic mass is 9.91. The van der Waals surface area contributed by atoms with Gasteiger partial charge in [-0.1, -0.05) is 20.8 Å². The van der Waals surface area contributed by atoms with Gasteiger partial charge in [0.2, 0.25) is 0 Å². The summed E-state index contributed by atoms with van der Waals surface area (Å²) < 4.78 is 0. The highest BCUT2D eigenvalue weighted by atomic mass is 32.2. The van der Waals surface area contributed by atoms with Crippen LogP contribution in [0, 0.1) is 5.41 Å². The lowest BCUT2D eigenvalue weighted by molar-refractivity contribution is 0.365. The van der Waals surface area contributed by atoms with Crippen LogP contribution in [0.1, 0.15) is 52.9 Å². The maximum Gasteiger partial charge on any atom is 0.191 e. The van der Waals surface area contributed by atoms with Crippen molar-refractivity contribution in [1.82, 2.24) is 10.6 Å². The minimum absolute atomic E-state index is 0.426. The molecule has 0 aromatic carbocycles. The Bertz CT molecular complexity index is 284. The SMILES string of the molecule is CN=C(NCCCC(C)(C)C)NC1CCC(SC)C1. The van der Waals surface area contributed by atoms with Crippen molar-refractivity contribution in [2.75, 3.05) is 19.8 Å². The van der Waals surface area contributed by atoms with Gasteiger partial charge in [0.25, 0.3) is 0 Å². The van der Waals surface area contributed by atoms with Gasteiger partial charge < -0.3 is 10.6 Å². The van der Waals surface area contributed by atoms with Crippen LogP contribution in [0.2, 0.25) is 0 Å². The van der Waals surface area contributed by atoms with Gasteiger partial charge in [0.05, 0.1) is 0 Å². The Kier molecular flexibility index (Phi) is 7.05. The average molecular weight is 286 g/mol. The van der Waals surface area contributed by atoms with Gasteiger partial charge in [0, 0.05) is 24.9 Å². The van der Waals surface area contributed by atoms with E-state index in [2.05, 4.69) is 42.7 Å². The summed E-state index contributed by atoms with van der Waals surface area (Å²) in [4.78, 5) is 4.32. The molecule has 0 spiro atoms. The summed E-state index contributed by atoms with van der Waals surface area (Å²) in [6, 6.07) is 0.603. The van der Waals surface area contributed by atoms with Crippen LogP contribution in [0.4, 0.5) is 0 Å². The summed E-state index contributed by atoms with van der Waals surface area (Å²) >= 11 is 1.99. The van der Waals surface area contributed by atoms with Crippen LogP contribution in [-0.4, -0.2) is 37.1 Å². The first-order chi connectivity index (χ1) is 8.94. The van der Waals surface area contributed by atoms with Crippen molar-refractivity contribution in [2.45, 2.75) is 64.2 Å². The van der Waals surface area contributed by atoms with Crippen LogP contribution >= 0.6 is 11.8 Å². The van der Waals surface area contributed by atoms with Gasteiger partial charge in [0.15, 0.2) is 5.96 Å². The molecule has 0 amide bonds. The van der Waals surface area contributed by atoms with Crippen molar-refractivity contribution in [2.24, 2.45) is 10.4 Å². The van der Waals surface area contributed by atoms with E-state index in [9.17, 15) is 0 Å². The van der Waals surface area contributed by atoms with Gasteiger partial charge in [-0.05, 0) is 43.8 Å². The summed E-state index contributed by atoms with van der Waals surface area (Å²) in [6.07, 6.45) is 8.53. The third kappa shape index (κ3) is 7.09. The highest BCUT2D eigenvalue weighted by Crippen LogP contribution is 2.28. The second kappa shape index (κ2) is 8.03. The topological polar surface area (TPSA) is 36.4 Å². The highest BCUT2D eigenvalue weighted by Gasteiger charge is 2.24. The fourth-order valence-electron chi connectivity index (χ4n) is 2.50. The highest BCUT2D eigenvalue weighted by molar-refractivity contribution is 7.99. The molecule has 19 heavy (non-hydrogen) atoms. The lowest BCUT2D eigenvalue weighted by Crippen LogP contribution is -2.43. The molecule has 0 aromatic heterocycles. The standard InChI is InChI=1S/C15H31N3S/c1-15(2,3)9-6-10-17-14(16-4)18-12-7-8-13(11-12)19-5/h12-13H,6-11H2,1-5H3,(H2,16,17,18). The summed E-state index contributed by atoms with van der Waals surface area (Å²) in [7, 11) is 1.86. The van der Waals surface area contributed by atoms with E-state index in [-0.39, 0.29) is 0 Å². The molecule has 1 fully saturated rings. The first-order valence-electron chi connectivity index (χ1n) is 7.44. The monoisotopic (exact) mass is 285 g/mol. The van der Waals surface area contributed by atoms with Crippen molar-refractivity contribution in [3.05, 3.63) is 0 Å². The second-order valence-corrected chi connectivity index (χ2v) is 7.81.